The van der Waals surface area contributed by atoms with Crippen molar-refractivity contribution in [3.8, 4) is 29.1 Å². The highest BCUT2D eigenvalue weighted by Crippen LogP contribution is 2.49. The molecular formula is C20H18FNO3. The molecule has 2 aliphatic heterocycles. The molecule has 0 saturated heterocycles. The quantitative estimate of drug-likeness (QED) is 0.747. The van der Waals surface area contributed by atoms with Crippen molar-refractivity contribution in [1.82, 2.24) is 4.90 Å². The normalized spacial score (nSPS) is 18.3. The third-order valence-electron chi connectivity index (χ3n) is 4.59. The molecule has 0 N–H and O–H groups in total. The Morgan fingerprint density at radius 2 is 2.04 bits per heavy atom. The minimum Gasteiger partial charge on any atom is -0.492 e. The van der Waals surface area contributed by atoms with Crippen molar-refractivity contribution >= 4 is 0 Å². The van der Waals surface area contributed by atoms with Crippen LogP contribution in [0.3, 0.4) is 0 Å². The third kappa shape index (κ3) is 2.79. The molecule has 128 valence electrons. The smallest absolute Gasteiger partial charge is 0.231 e. The number of halogens is 1. The molecule has 25 heavy (non-hydrogen) atoms. The van der Waals surface area contributed by atoms with Crippen molar-refractivity contribution in [2.24, 2.45) is 0 Å². The lowest BCUT2D eigenvalue weighted by molar-refractivity contribution is 0.171. The van der Waals surface area contributed by atoms with E-state index in [0.29, 0.717) is 11.5 Å². The molecule has 0 aromatic heterocycles. The van der Waals surface area contributed by atoms with E-state index in [4.69, 9.17) is 14.2 Å². The Morgan fingerprint density at radius 1 is 1.24 bits per heavy atom. The SMILES string of the molecule is COc1c2c(cc3c1C(C#Cc1ccc(F)cc1)N(C)CC3)OCO2. The fraction of sp³-hybridized carbons (Fsp3) is 0.300. The fourth-order valence-corrected chi connectivity index (χ4v) is 3.30. The highest BCUT2D eigenvalue weighted by molar-refractivity contribution is 5.63. The number of ether oxygens (including phenoxy) is 3. The average molecular weight is 339 g/mol. The fourth-order valence-electron chi connectivity index (χ4n) is 3.30. The Hall–Kier alpha value is -2.71. The summed E-state index contributed by atoms with van der Waals surface area (Å²) < 4.78 is 29.8. The Bertz CT molecular complexity index is 867. The van der Waals surface area contributed by atoms with E-state index in [1.54, 1.807) is 19.2 Å². The van der Waals surface area contributed by atoms with Crippen LogP contribution in [0.5, 0.6) is 17.2 Å². The lowest BCUT2D eigenvalue weighted by Gasteiger charge is -2.32. The van der Waals surface area contributed by atoms with Crippen LogP contribution in [0, 0.1) is 17.7 Å². The van der Waals surface area contributed by atoms with Crippen LogP contribution in [0.15, 0.2) is 30.3 Å². The van der Waals surface area contributed by atoms with Crippen molar-refractivity contribution in [1.29, 1.82) is 0 Å². The van der Waals surface area contributed by atoms with Gasteiger partial charge in [-0.15, -0.1) is 0 Å². The van der Waals surface area contributed by atoms with Gasteiger partial charge in [-0.3, -0.25) is 4.90 Å². The maximum absolute atomic E-state index is 13.1. The van der Waals surface area contributed by atoms with E-state index >= 15 is 0 Å². The van der Waals surface area contributed by atoms with Gasteiger partial charge in [0.05, 0.1) is 7.11 Å². The highest BCUT2D eigenvalue weighted by Gasteiger charge is 2.33. The van der Waals surface area contributed by atoms with Gasteiger partial charge in [0.2, 0.25) is 12.5 Å². The van der Waals surface area contributed by atoms with Crippen LogP contribution < -0.4 is 14.2 Å². The van der Waals surface area contributed by atoms with Crippen molar-refractivity contribution in [2.45, 2.75) is 12.5 Å². The predicted octanol–water partition coefficient (Wildman–Crippen LogP) is 3.14. The Balaban J connectivity index is 1.79. The molecule has 0 amide bonds. The van der Waals surface area contributed by atoms with Crippen LogP contribution in [-0.2, 0) is 6.42 Å². The number of rotatable bonds is 1. The zero-order chi connectivity index (χ0) is 17.4. The lowest BCUT2D eigenvalue weighted by atomic mass is 9.91. The number of methoxy groups -OCH3 is 1. The van der Waals surface area contributed by atoms with Gasteiger partial charge in [0.15, 0.2) is 11.5 Å². The van der Waals surface area contributed by atoms with Gasteiger partial charge in [-0.25, -0.2) is 4.39 Å². The van der Waals surface area contributed by atoms with Crippen molar-refractivity contribution in [3.05, 3.63) is 52.8 Å². The average Bonchev–Trinajstić information content (AvgIpc) is 3.08. The summed E-state index contributed by atoms with van der Waals surface area (Å²) in [6.07, 6.45) is 0.896. The molecule has 2 aliphatic rings. The van der Waals surface area contributed by atoms with Crippen LogP contribution in [0.25, 0.3) is 0 Å². The van der Waals surface area contributed by atoms with E-state index in [-0.39, 0.29) is 18.7 Å². The minimum atomic E-state index is -0.264. The van der Waals surface area contributed by atoms with Gasteiger partial charge in [-0.2, -0.15) is 0 Å². The Labute approximate surface area is 146 Å². The molecular weight excluding hydrogens is 321 g/mol. The Morgan fingerprint density at radius 3 is 2.80 bits per heavy atom. The summed E-state index contributed by atoms with van der Waals surface area (Å²) in [6, 6.07) is 8.10. The molecule has 4 nitrogen and oxygen atoms in total. The van der Waals surface area contributed by atoms with Gasteiger partial charge in [0, 0.05) is 17.7 Å². The molecule has 1 atom stereocenters. The monoisotopic (exact) mass is 339 g/mol. The maximum atomic E-state index is 13.1. The molecule has 0 aliphatic carbocycles. The van der Waals surface area contributed by atoms with Crippen molar-refractivity contribution in [3.63, 3.8) is 0 Å². The molecule has 0 fully saturated rings. The second-order valence-corrected chi connectivity index (χ2v) is 6.13. The zero-order valence-corrected chi connectivity index (χ0v) is 14.1. The predicted molar refractivity (Wildman–Crippen MR) is 91.5 cm³/mol. The molecule has 2 aromatic carbocycles. The van der Waals surface area contributed by atoms with Gasteiger partial charge >= 0.3 is 0 Å². The van der Waals surface area contributed by atoms with Gasteiger partial charge in [0.25, 0.3) is 0 Å². The van der Waals surface area contributed by atoms with Crippen LogP contribution >= 0.6 is 0 Å². The first-order valence-electron chi connectivity index (χ1n) is 8.14. The Kier molecular flexibility index (Phi) is 3.98. The lowest BCUT2D eigenvalue weighted by Crippen LogP contribution is -2.31. The summed E-state index contributed by atoms with van der Waals surface area (Å²) in [4.78, 5) is 2.18. The van der Waals surface area contributed by atoms with E-state index < -0.39 is 0 Å². The van der Waals surface area contributed by atoms with Gasteiger partial charge < -0.3 is 14.2 Å². The molecule has 0 saturated carbocycles. The second-order valence-electron chi connectivity index (χ2n) is 6.13. The zero-order valence-electron chi connectivity index (χ0n) is 14.1. The number of hydrogen-bond donors (Lipinski definition) is 0. The highest BCUT2D eigenvalue weighted by atomic mass is 19.1. The van der Waals surface area contributed by atoms with E-state index in [1.807, 2.05) is 13.1 Å². The van der Waals surface area contributed by atoms with Crippen LogP contribution in [0.1, 0.15) is 22.7 Å². The van der Waals surface area contributed by atoms with E-state index in [9.17, 15) is 4.39 Å². The maximum Gasteiger partial charge on any atom is 0.231 e. The molecule has 0 radical (unpaired) electrons. The summed E-state index contributed by atoms with van der Waals surface area (Å²) in [5.41, 5.74) is 2.97. The molecule has 2 aromatic rings. The molecule has 0 spiro atoms. The first-order valence-corrected chi connectivity index (χ1v) is 8.14. The first-order chi connectivity index (χ1) is 12.2. The molecule has 2 heterocycles. The third-order valence-corrected chi connectivity index (χ3v) is 4.59. The van der Waals surface area contributed by atoms with E-state index in [0.717, 1.165) is 35.4 Å². The van der Waals surface area contributed by atoms with E-state index in [2.05, 4.69) is 16.7 Å². The summed E-state index contributed by atoms with van der Waals surface area (Å²) in [5.74, 6) is 8.25. The number of likely N-dealkylation sites (N-methyl/N-ethyl adjacent to an activating group) is 1. The largest absolute Gasteiger partial charge is 0.492 e. The molecule has 4 rings (SSSR count). The summed E-state index contributed by atoms with van der Waals surface area (Å²) in [5, 5.41) is 0. The van der Waals surface area contributed by atoms with Gasteiger partial charge in [-0.1, -0.05) is 11.8 Å². The van der Waals surface area contributed by atoms with Gasteiger partial charge in [-0.05, 0) is 49.4 Å². The van der Waals surface area contributed by atoms with Gasteiger partial charge in [0.1, 0.15) is 11.9 Å². The van der Waals surface area contributed by atoms with Crippen LogP contribution in [0.4, 0.5) is 4.39 Å². The van der Waals surface area contributed by atoms with Crippen LogP contribution in [-0.4, -0.2) is 32.4 Å². The number of benzene rings is 2. The number of hydrogen-bond acceptors (Lipinski definition) is 4. The topological polar surface area (TPSA) is 30.9 Å². The number of fused-ring (bicyclic) bond motifs is 2. The molecule has 0 bridgehead atoms. The number of nitrogens with zero attached hydrogens (tertiary/aromatic N) is 1. The first kappa shape index (κ1) is 15.8. The summed E-state index contributed by atoms with van der Waals surface area (Å²) in [7, 11) is 3.67. The molecule has 5 heteroatoms. The van der Waals surface area contributed by atoms with Crippen LogP contribution in [0.2, 0.25) is 0 Å². The summed E-state index contributed by atoms with van der Waals surface area (Å²) >= 11 is 0. The van der Waals surface area contributed by atoms with E-state index in [1.165, 1.54) is 12.1 Å². The minimum absolute atomic E-state index is 0.127. The second kappa shape index (κ2) is 6.30. The van der Waals surface area contributed by atoms with Crippen molar-refractivity contribution < 1.29 is 18.6 Å². The summed E-state index contributed by atoms with van der Waals surface area (Å²) in [6.45, 7) is 1.09. The standard InChI is InChI=1S/C20H18FNO3/c1-22-10-9-14-11-17-19(25-12-24-17)20(23-2)18(14)16(22)8-5-13-3-6-15(21)7-4-13/h3-4,6-7,11,16H,9-10,12H2,1-2H3. The van der Waals surface area contributed by atoms with Crippen molar-refractivity contribution in [2.75, 3.05) is 27.5 Å². The molecule has 1 unspecified atom stereocenters.